The van der Waals surface area contributed by atoms with Crippen LogP contribution in [-0.2, 0) is 17.8 Å². The van der Waals surface area contributed by atoms with Gasteiger partial charge in [0, 0.05) is 38.2 Å². The van der Waals surface area contributed by atoms with Gasteiger partial charge in [0.1, 0.15) is 12.4 Å². The Morgan fingerprint density at radius 2 is 2.24 bits per heavy atom. The van der Waals surface area contributed by atoms with Crippen LogP contribution in [0.1, 0.15) is 24.0 Å². The molecule has 0 aliphatic heterocycles. The molecule has 1 N–H and O–H groups in total. The summed E-state index contributed by atoms with van der Waals surface area (Å²) >= 11 is 1.80. The van der Waals surface area contributed by atoms with E-state index in [1.165, 1.54) is 4.88 Å². The predicted octanol–water partition coefficient (Wildman–Crippen LogP) is 4.01. The zero-order valence-corrected chi connectivity index (χ0v) is 18.1. The van der Waals surface area contributed by atoms with Gasteiger partial charge >= 0.3 is 0 Å². The largest absolute Gasteiger partial charge is 0.467 e. The minimum absolute atomic E-state index is 0. The molecule has 0 amide bonds. The van der Waals surface area contributed by atoms with E-state index >= 15 is 0 Å². The van der Waals surface area contributed by atoms with E-state index in [0.29, 0.717) is 13.2 Å². The summed E-state index contributed by atoms with van der Waals surface area (Å²) in [6, 6.07) is 8.07. The van der Waals surface area contributed by atoms with Gasteiger partial charge in [-0.25, -0.2) is 0 Å². The number of aliphatic imine (C=N–C) groups is 1. The van der Waals surface area contributed by atoms with Crippen molar-refractivity contribution in [3.05, 3.63) is 46.5 Å². The molecule has 0 radical (unpaired) electrons. The monoisotopic (exact) mass is 477 g/mol. The number of hydrogen-bond acceptors (Lipinski definition) is 4. The van der Waals surface area contributed by atoms with Crippen LogP contribution in [0, 0.1) is 0 Å². The normalized spacial score (nSPS) is 11.2. The van der Waals surface area contributed by atoms with Gasteiger partial charge in [0.15, 0.2) is 5.96 Å². The Morgan fingerprint density at radius 1 is 1.36 bits per heavy atom. The third-order valence-corrected chi connectivity index (χ3v) is 4.44. The smallest absolute Gasteiger partial charge is 0.193 e. The van der Waals surface area contributed by atoms with E-state index in [1.54, 1.807) is 17.6 Å². The summed E-state index contributed by atoms with van der Waals surface area (Å²) in [6.07, 6.45) is 3.61. The second kappa shape index (κ2) is 13.2. The van der Waals surface area contributed by atoms with Gasteiger partial charge in [-0.2, -0.15) is 0 Å². The van der Waals surface area contributed by atoms with Crippen molar-refractivity contribution in [1.29, 1.82) is 0 Å². The molecule has 2 aromatic heterocycles. The average Bonchev–Trinajstić information content (AvgIpc) is 3.28. The molecule has 0 atom stereocenters. The van der Waals surface area contributed by atoms with Crippen LogP contribution >= 0.6 is 35.3 Å². The highest BCUT2D eigenvalue weighted by Gasteiger charge is 2.06. The van der Waals surface area contributed by atoms with Crippen molar-refractivity contribution in [3.63, 3.8) is 0 Å². The van der Waals surface area contributed by atoms with Crippen molar-refractivity contribution in [2.45, 2.75) is 26.4 Å². The molecule has 7 heteroatoms. The molecule has 0 fully saturated rings. The third kappa shape index (κ3) is 8.73. The molecule has 2 aromatic rings. The van der Waals surface area contributed by atoms with Crippen molar-refractivity contribution in [2.75, 3.05) is 33.3 Å². The maximum atomic E-state index is 5.58. The maximum Gasteiger partial charge on any atom is 0.193 e. The first-order valence-electron chi connectivity index (χ1n) is 8.41. The third-order valence-electron chi connectivity index (χ3n) is 3.50. The molecule has 25 heavy (non-hydrogen) atoms. The summed E-state index contributed by atoms with van der Waals surface area (Å²) in [5.74, 6) is 1.82. The number of thiophene rings is 1. The molecule has 2 heterocycles. The van der Waals surface area contributed by atoms with Crippen molar-refractivity contribution in [1.82, 2.24) is 10.2 Å². The Labute approximate surface area is 171 Å². The van der Waals surface area contributed by atoms with Crippen LogP contribution < -0.4 is 5.32 Å². The van der Waals surface area contributed by atoms with E-state index in [0.717, 1.165) is 44.2 Å². The highest BCUT2D eigenvalue weighted by molar-refractivity contribution is 14.0. The summed E-state index contributed by atoms with van der Waals surface area (Å²) < 4.78 is 10.8. The molecular formula is C18H28IN3O2S. The number of furan rings is 1. The molecule has 0 aliphatic rings. The van der Waals surface area contributed by atoms with Gasteiger partial charge in [0.25, 0.3) is 0 Å². The number of nitrogens with zero attached hydrogens (tertiary/aromatic N) is 2. The van der Waals surface area contributed by atoms with Gasteiger partial charge in [0.05, 0.1) is 6.26 Å². The van der Waals surface area contributed by atoms with Gasteiger partial charge in [-0.05, 0) is 43.3 Å². The van der Waals surface area contributed by atoms with Crippen LogP contribution in [0.25, 0.3) is 0 Å². The minimum atomic E-state index is 0. The summed E-state index contributed by atoms with van der Waals surface area (Å²) in [4.78, 5) is 8.27. The Hall–Kier alpha value is -1.06. The van der Waals surface area contributed by atoms with Gasteiger partial charge in [-0.15, -0.1) is 35.3 Å². The molecule has 0 spiro atoms. The van der Waals surface area contributed by atoms with Crippen molar-refractivity contribution in [2.24, 2.45) is 4.99 Å². The zero-order valence-electron chi connectivity index (χ0n) is 14.9. The van der Waals surface area contributed by atoms with Gasteiger partial charge in [-0.3, -0.25) is 4.99 Å². The highest BCUT2D eigenvalue weighted by atomic mass is 127. The fourth-order valence-electron chi connectivity index (χ4n) is 2.23. The standard InChI is InChI=1S/C18H27N3O2S.HI/c1-3-19-18(21(2)11-9-17-8-5-14-24-17)20-10-6-12-22-15-16-7-4-13-23-16;/h4-5,7-8,13-14H,3,6,9-12,15H2,1-2H3,(H,19,20);1H. The van der Waals surface area contributed by atoms with Crippen LogP contribution in [0.4, 0.5) is 0 Å². The second-order valence-electron chi connectivity index (χ2n) is 5.47. The second-order valence-corrected chi connectivity index (χ2v) is 6.50. The van der Waals surface area contributed by atoms with Crippen molar-refractivity contribution >= 4 is 41.3 Å². The summed E-state index contributed by atoms with van der Waals surface area (Å²) in [7, 11) is 2.09. The lowest BCUT2D eigenvalue weighted by atomic mass is 10.3. The molecule has 2 rings (SSSR count). The number of ether oxygens (including phenoxy) is 1. The number of rotatable bonds is 10. The van der Waals surface area contributed by atoms with Crippen LogP contribution in [0.3, 0.4) is 0 Å². The van der Waals surface area contributed by atoms with Gasteiger partial charge in [0.2, 0.25) is 0 Å². The molecule has 0 bridgehead atoms. The Morgan fingerprint density at radius 3 is 2.92 bits per heavy atom. The molecule has 0 saturated heterocycles. The number of likely N-dealkylation sites (N-methyl/N-ethyl adjacent to an activating group) is 1. The van der Waals surface area contributed by atoms with Crippen LogP contribution in [-0.4, -0.2) is 44.1 Å². The van der Waals surface area contributed by atoms with E-state index in [1.807, 2.05) is 12.1 Å². The zero-order chi connectivity index (χ0) is 17.0. The number of nitrogens with one attached hydrogen (secondary N) is 1. The quantitative estimate of drug-likeness (QED) is 0.243. The Balaban J connectivity index is 0.00000312. The first kappa shape index (κ1) is 22.0. The molecule has 0 aromatic carbocycles. The van der Waals surface area contributed by atoms with Crippen LogP contribution in [0.5, 0.6) is 0 Å². The molecule has 0 aliphatic carbocycles. The van der Waals surface area contributed by atoms with E-state index in [9.17, 15) is 0 Å². The Kier molecular flexibility index (Phi) is 11.6. The topological polar surface area (TPSA) is 50.0 Å². The van der Waals surface area contributed by atoms with E-state index < -0.39 is 0 Å². The molecule has 5 nitrogen and oxygen atoms in total. The first-order valence-corrected chi connectivity index (χ1v) is 9.29. The van der Waals surface area contributed by atoms with E-state index in [-0.39, 0.29) is 24.0 Å². The summed E-state index contributed by atoms with van der Waals surface area (Å²) in [6.45, 7) is 5.89. The predicted molar refractivity (Wildman–Crippen MR) is 115 cm³/mol. The molecular weight excluding hydrogens is 449 g/mol. The number of halogens is 1. The van der Waals surface area contributed by atoms with Crippen LogP contribution in [0.2, 0.25) is 0 Å². The fourth-order valence-corrected chi connectivity index (χ4v) is 2.93. The van der Waals surface area contributed by atoms with Gasteiger partial charge in [-0.1, -0.05) is 6.07 Å². The number of hydrogen-bond donors (Lipinski definition) is 1. The maximum absolute atomic E-state index is 5.58. The summed E-state index contributed by atoms with van der Waals surface area (Å²) in [5.41, 5.74) is 0. The average molecular weight is 477 g/mol. The molecule has 140 valence electrons. The van der Waals surface area contributed by atoms with E-state index in [4.69, 9.17) is 9.15 Å². The fraction of sp³-hybridized carbons (Fsp3) is 0.500. The number of guanidine groups is 1. The SMILES string of the molecule is CCNC(=NCCCOCc1ccco1)N(C)CCc1cccs1.I. The minimum Gasteiger partial charge on any atom is -0.467 e. The van der Waals surface area contributed by atoms with Crippen molar-refractivity contribution in [3.8, 4) is 0 Å². The first-order chi connectivity index (χ1) is 11.8. The summed E-state index contributed by atoms with van der Waals surface area (Å²) in [5, 5.41) is 5.47. The van der Waals surface area contributed by atoms with Gasteiger partial charge < -0.3 is 19.4 Å². The van der Waals surface area contributed by atoms with Crippen molar-refractivity contribution < 1.29 is 9.15 Å². The van der Waals surface area contributed by atoms with Crippen LogP contribution in [0.15, 0.2) is 45.3 Å². The highest BCUT2D eigenvalue weighted by Crippen LogP contribution is 2.09. The lowest BCUT2D eigenvalue weighted by Crippen LogP contribution is -2.40. The lowest BCUT2D eigenvalue weighted by molar-refractivity contribution is 0.105. The molecule has 0 saturated carbocycles. The molecule has 0 unspecified atom stereocenters. The van der Waals surface area contributed by atoms with E-state index in [2.05, 4.69) is 46.7 Å². The lowest BCUT2D eigenvalue weighted by Gasteiger charge is -2.21. The Bertz CT molecular complexity index is 573.